The van der Waals surface area contributed by atoms with Gasteiger partial charge in [0.15, 0.2) is 34.1 Å². The average molecular weight is 2040 g/mol. The number of benzene rings is 9. The van der Waals surface area contributed by atoms with Gasteiger partial charge in [0.2, 0.25) is 0 Å². The zero-order valence-electron chi connectivity index (χ0n) is 64.4. The van der Waals surface area contributed by atoms with E-state index in [1.807, 2.05) is 146 Å². The second-order valence-electron chi connectivity index (χ2n) is 27.2. The first-order valence-corrected chi connectivity index (χ1v) is 36.0. The number of nitrogens with zero attached hydrogens (tertiary/aromatic N) is 3. The molecule has 0 fully saturated rings. The van der Waals surface area contributed by atoms with Crippen molar-refractivity contribution in [1.29, 1.82) is 0 Å². The fourth-order valence-corrected chi connectivity index (χ4v) is 13.6. The van der Waals surface area contributed by atoms with E-state index in [1.54, 1.807) is 0 Å². The van der Waals surface area contributed by atoms with Gasteiger partial charge in [0.05, 0.1) is 50.6 Å². The molecule has 9 heterocycles. The molecule has 0 aliphatic heterocycles. The number of ketones is 3. The average Bonchev–Trinajstić information content (AvgIpc) is 1.62. The molecule has 0 saturated carbocycles. The van der Waals surface area contributed by atoms with Gasteiger partial charge in [0.25, 0.3) is 0 Å². The van der Waals surface area contributed by atoms with Crippen molar-refractivity contribution in [2.75, 3.05) is 0 Å². The first-order chi connectivity index (χ1) is 53.4. The summed E-state index contributed by atoms with van der Waals surface area (Å²) < 4.78 is 36.8. The van der Waals surface area contributed by atoms with Crippen molar-refractivity contribution in [3.63, 3.8) is 0 Å². The molecule has 18 rings (SSSR count). The molecule has 0 spiro atoms. The Morgan fingerprint density at radius 2 is 0.632 bits per heavy atom. The van der Waals surface area contributed by atoms with E-state index in [1.165, 1.54) is 93.2 Å². The number of rotatable bonds is 9. The van der Waals surface area contributed by atoms with Crippen molar-refractivity contribution in [1.82, 2.24) is 15.0 Å². The van der Waals surface area contributed by atoms with Gasteiger partial charge in [-0.25, -0.2) is 0 Å². The number of aryl methyl sites for hydroxylation is 6. The normalized spacial score (nSPS) is 11.3. The minimum absolute atomic E-state index is 0. The van der Waals surface area contributed by atoms with Crippen LogP contribution >= 0.6 is 0 Å². The van der Waals surface area contributed by atoms with Crippen LogP contribution in [-0.4, -0.2) is 47.6 Å². The van der Waals surface area contributed by atoms with E-state index in [2.05, 4.69) is 133 Å². The predicted octanol–water partition coefficient (Wildman–Crippen LogP) is 25.5. The second kappa shape index (κ2) is 37.1. The van der Waals surface area contributed by atoms with Gasteiger partial charge in [0.1, 0.15) is 34.0 Å². The van der Waals surface area contributed by atoms with Crippen molar-refractivity contribution in [2.45, 2.75) is 83.1 Å². The topological polar surface area (TPSA) is 229 Å². The molecular weight excluding hydrogens is 1960 g/mol. The standard InChI is InChI=1S/C28H20NO2.C27H18NO2.C26H16NO2.3C5H8O2.3Ir/c1-16-13-17(2)27(18(3)14-16)26-15-23-25(30-26)12-11-22(29-23)21-9-6-8-20-19-7-4-5-10-24(19)31-28(20)21;1-16-7-5-8-17(2)26(16)25-15-22-24(29-25)14-13-21(28-22)20-11-6-10-19-18-9-3-4-12-23(18)30-27(19)20;1-16-9-11-17(12-10-16)25-15-22-24(28-25)14-13-21(27-22)20-7-4-6-19-18-5-2-3-8-23(18)29-26(19)20;3*1-4(6)3-5(2)7;;;/h4-8,10-15H,1-3H3;3-10,12-15H,1-2H3;2-6,8-15H,1H3;3*3,6H,1-2H3;;;/q3*-1;;;;;;. The summed E-state index contributed by atoms with van der Waals surface area (Å²) in [4.78, 5) is 44.7. The van der Waals surface area contributed by atoms with E-state index in [0.717, 1.165) is 167 Å². The number of aromatic nitrogens is 3. The Balaban J connectivity index is 0.000000159. The van der Waals surface area contributed by atoms with Crippen LogP contribution < -0.4 is 0 Å². The van der Waals surface area contributed by atoms with Crippen LogP contribution in [0.15, 0.2) is 280 Å². The molecule has 0 atom stereocenters. The molecule has 0 aliphatic carbocycles. The van der Waals surface area contributed by atoms with E-state index in [-0.39, 0.29) is 94.9 Å². The molecule has 0 aliphatic rings. The summed E-state index contributed by atoms with van der Waals surface area (Å²) in [7, 11) is 0. The third-order valence-electron chi connectivity index (χ3n) is 18.1. The number of allylic oxidation sites excluding steroid dienone is 6. The summed E-state index contributed by atoms with van der Waals surface area (Å²) in [6.45, 7) is 21.2. The molecule has 18 heteroatoms. The van der Waals surface area contributed by atoms with Crippen LogP contribution in [0.5, 0.6) is 0 Å². The molecule has 9 aromatic heterocycles. The zero-order valence-corrected chi connectivity index (χ0v) is 71.6. The fourth-order valence-electron chi connectivity index (χ4n) is 13.6. The maximum atomic E-state index is 10.0. The molecule has 114 heavy (non-hydrogen) atoms. The first-order valence-electron chi connectivity index (χ1n) is 36.0. The van der Waals surface area contributed by atoms with Gasteiger partial charge < -0.3 is 41.8 Å². The van der Waals surface area contributed by atoms with Gasteiger partial charge in [0, 0.05) is 130 Å². The Labute approximate surface area is 698 Å². The van der Waals surface area contributed by atoms with E-state index in [4.69, 9.17) is 56.8 Å². The van der Waals surface area contributed by atoms with Crippen LogP contribution in [0.25, 0.3) is 167 Å². The molecule has 3 radical (unpaired) electrons. The number of fused-ring (bicyclic) bond motifs is 12. The van der Waals surface area contributed by atoms with E-state index >= 15 is 0 Å². The maximum absolute atomic E-state index is 10.0. The molecule has 15 nitrogen and oxygen atoms in total. The summed E-state index contributed by atoms with van der Waals surface area (Å²) in [5, 5.41) is 31.6. The van der Waals surface area contributed by atoms with Crippen LogP contribution in [0.1, 0.15) is 74.9 Å². The summed E-state index contributed by atoms with van der Waals surface area (Å²) in [6.07, 6.45) is 3.50. The molecule has 0 saturated heterocycles. The summed E-state index contributed by atoms with van der Waals surface area (Å²) in [6, 6.07) is 82.9. The van der Waals surface area contributed by atoms with Gasteiger partial charge in [-0.05, 0) is 159 Å². The SMILES string of the molecule is CC(=O)C=C(C)O.CC(=O)C=C(C)O.CC(=O)C=C(C)O.Cc1cc(C)c(-c2cc3nc(-c4[c-]ccc5c4oc4ccccc45)ccc3o2)c(C)c1.Cc1ccc(-c2cc3nc(-c4[c-]ccc5c4oc4ccccc45)ccc3o2)cc1.Cc1cccc(C)c1-c1cc2nc(-c3[c-]ccc4c3oc3ccccc34)ccc2o1.[Ir].[Ir].[Ir]. The third-order valence-corrected chi connectivity index (χ3v) is 18.1. The maximum Gasteiger partial charge on any atom is 0.155 e. The number of furan rings is 6. The smallest absolute Gasteiger partial charge is 0.155 e. The molecule has 18 aromatic rings. The number of carbonyl (C=O) groups is 3. The first kappa shape index (κ1) is 84.5. The van der Waals surface area contributed by atoms with Crippen molar-refractivity contribution >= 4 is 116 Å². The Morgan fingerprint density at radius 1 is 0.316 bits per heavy atom. The minimum atomic E-state index is -0.125. The molecule has 0 unspecified atom stereocenters. The Bertz CT molecular complexity index is 6560. The van der Waals surface area contributed by atoms with Gasteiger partial charge in [-0.15, -0.1) is 54.6 Å². The third kappa shape index (κ3) is 19.2. The molecular formula is C96H78Ir3N3O12-3. The van der Waals surface area contributed by atoms with Crippen LogP contribution in [0, 0.1) is 59.7 Å². The van der Waals surface area contributed by atoms with Crippen LogP contribution in [0.4, 0.5) is 0 Å². The van der Waals surface area contributed by atoms with Crippen LogP contribution in [0.2, 0.25) is 0 Å². The number of hydrogen-bond acceptors (Lipinski definition) is 15. The molecule has 579 valence electrons. The minimum Gasteiger partial charge on any atom is -0.512 e. The predicted molar refractivity (Wildman–Crippen MR) is 443 cm³/mol. The number of hydrogen-bond donors (Lipinski definition) is 3. The number of carbonyl (C=O) groups excluding carboxylic acids is 3. The van der Waals surface area contributed by atoms with E-state index in [0.29, 0.717) is 0 Å². The summed E-state index contributed by atoms with van der Waals surface area (Å²) in [5.41, 5.74) is 25.4. The largest absolute Gasteiger partial charge is 0.512 e. The number of para-hydroxylation sites is 3. The van der Waals surface area contributed by atoms with E-state index < -0.39 is 0 Å². The van der Waals surface area contributed by atoms with Crippen molar-refractivity contribution in [3.05, 3.63) is 305 Å². The Morgan fingerprint density at radius 3 is 0.956 bits per heavy atom. The Kier molecular flexibility index (Phi) is 27.5. The monoisotopic (exact) mass is 2040 g/mol. The summed E-state index contributed by atoms with van der Waals surface area (Å²) >= 11 is 0. The summed E-state index contributed by atoms with van der Waals surface area (Å²) in [5.74, 6) is 2.32. The zero-order chi connectivity index (χ0) is 78.3. The fraction of sp³-hybridized carbons (Fsp3) is 0.125. The number of aliphatic hydroxyl groups is 3. The van der Waals surface area contributed by atoms with Crippen LogP contribution in [0.3, 0.4) is 0 Å². The quantitative estimate of drug-likeness (QED) is 0.0693. The number of aliphatic hydroxyl groups excluding tert-OH is 3. The molecule has 0 bridgehead atoms. The van der Waals surface area contributed by atoms with E-state index in [9.17, 15) is 14.4 Å². The van der Waals surface area contributed by atoms with Crippen molar-refractivity contribution in [3.8, 4) is 67.7 Å². The van der Waals surface area contributed by atoms with Gasteiger partial charge in [-0.1, -0.05) is 171 Å². The van der Waals surface area contributed by atoms with Gasteiger partial charge >= 0.3 is 0 Å². The van der Waals surface area contributed by atoms with Crippen LogP contribution in [-0.2, 0) is 74.7 Å². The van der Waals surface area contributed by atoms with Gasteiger partial charge in [-0.2, -0.15) is 0 Å². The molecule has 9 aromatic carbocycles. The van der Waals surface area contributed by atoms with Gasteiger partial charge in [-0.3, -0.25) is 29.3 Å². The molecule has 3 N–H and O–H groups in total. The van der Waals surface area contributed by atoms with Crippen molar-refractivity contribution in [2.24, 2.45) is 0 Å². The molecule has 0 amide bonds. The second-order valence-corrected chi connectivity index (χ2v) is 27.2. The number of pyridine rings is 3. The van der Waals surface area contributed by atoms with Crippen molar-refractivity contribution < 1.29 is 117 Å². The Hall–Kier alpha value is -12.0.